The van der Waals surface area contributed by atoms with E-state index in [2.05, 4.69) is 17.0 Å². The predicted octanol–water partition coefficient (Wildman–Crippen LogP) is 4.33. The number of piperazine rings is 1. The van der Waals surface area contributed by atoms with Crippen LogP contribution >= 0.6 is 11.6 Å². The highest BCUT2D eigenvalue weighted by Crippen LogP contribution is 2.30. The number of ether oxygens (including phenoxy) is 1. The maximum atomic E-state index is 12.9. The van der Waals surface area contributed by atoms with Crippen molar-refractivity contribution in [2.45, 2.75) is 38.7 Å². The van der Waals surface area contributed by atoms with Crippen LogP contribution in [0.4, 0.5) is 5.69 Å². The Kier molecular flexibility index (Phi) is 5.77. The largest absolute Gasteiger partial charge is 0.481 e. The lowest BCUT2D eigenvalue weighted by atomic mass is 9.91. The molecule has 0 radical (unpaired) electrons. The van der Waals surface area contributed by atoms with Crippen molar-refractivity contribution in [1.29, 1.82) is 0 Å². The van der Waals surface area contributed by atoms with E-state index in [1.54, 1.807) is 0 Å². The van der Waals surface area contributed by atoms with Gasteiger partial charge in [-0.05, 0) is 68.0 Å². The summed E-state index contributed by atoms with van der Waals surface area (Å²) in [5.41, 5.74) is 3.78. The number of anilines is 1. The molecule has 148 valence electrons. The minimum atomic E-state index is -0.467. The van der Waals surface area contributed by atoms with Crippen molar-refractivity contribution in [3.63, 3.8) is 0 Å². The van der Waals surface area contributed by atoms with Gasteiger partial charge in [0.15, 0.2) is 6.10 Å². The molecular weight excluding hydrogens is 372 g/mol. The molecule has 0 saturated carbocycles. The van der Waals surface area contributed by atoms with Gasteiger partial charge in [0.1, 0.15) is 5.75 Å². The third kappa shape index (κ3) is 4.12. The third-order valence-corrected chi connectivity index (χ3v) is 6.00. The van der Waals surface area contributed by atoms with Crippen LogP contribution in [0.25, 0.3) is 0 Å². The first-order valence-electron chi connectivity index (χ1n) is 10.2. The van der Waals surface area contributed by atoms with Gasteiger partial charge in [0, 0.05) is 36.9 Å². The Labute approximate surface area is 172 Å². The van der Waals surface area contributed by atoms with E-state index in [9.17, 15) is 4.79 Å². The average molecular weight is 399 g/mol. The standard InChI is InChI=1S/C23H27ClN2O2/c1-17(28-22-11-4-7-18-6-2-3-10-21(18)22)23(27)26-14-12-25(13-15-26)20-9-5-8-19(24)16-20/h4-5,7-9,11,16-17H,2-3,6,10,12-15H2,1H3/t17-/m0/s1. The molecular formula is C23H27ClN2O2. The number of benzene rings is 2. The fourth-order valence-corrected chi connectivity index (χ4v) is 4.40. The normalized spacial score (nSPS) is 17.8. The number of carbonyl (C=O) groups is 1. The van der Waals surface area contributed by atoms with E-state index < -0.39 is 6.10 Å². The van der Waals surface area contributed by atoms with Crippen molar-refractivity contribution < 1.29 is 9.53 Å². The first kappa shape index (κ1) is 19.1. The van der Waals surface area contributed by atoms with E-state index in [-0.39, 0.29) is 5.91 Å². The SMILES string of the molecule is C[C@H](Oc1cccc2c1CCCC2)C(=O)N1CCN(c2cccc(Cl)c2)CC1. The minimum Gasteiger partial charge on any atom is -0.481 e. The van der Waals surface area contributed by atoms with Crippen LogP contribution in [0, 0.1) is 0 Å². The zero-order chi connectivity index (χ0) is 19.5. The van der Waals surface area contributed by atoms with Gasteiger partial charge in [-0.2, -0.15) is 0 Å². The van der Waals surface area contributed by atoms with Gasteiger partial charge in [-0.1, -0.05) is 29.8 Å². The van der Waals surface area contributed by atoms with Crippen molar-refractivity contribution in [2.24, 2.45) is 0 Å². The molecule has 0 bridgehead atoms. The topological polar surface area (TPSA) is 32.8 Å². The van der Waals surface area contributed by atoms with Crippen molar-refractivity contribution in [1.82, 2.24) is 4.90 Å². The first-order valence-corrected chi connectivity index (χ1v) is 10.6. The van der Waals surface area contributed by atoms with Gasteiger partial charge in [0.25, 0.3) is 5.91 Å². The Morgan fingerprint density at radius 3 is 2.57 bits per heavy atom. The Bertz CT molecular complexity index is 846. The number of carbonyl (C=O) groups excluding carboxylic acids is 1. The average Bonchev–Trinajstić information content (AvgIpc) is 2.73. The van der Waals surface area contributed by atoms with Gasteiger partial charge in [0.2, 0.25) is 0 Å². The first-order chi connectivity index (χ1) is 13.6. The number of fused-ring (bicyclic) bond motifs is 1. The number of aryl methyl sites for hydroxylation is 1. The molecule has 2 aliphatic rings. The fraction of sp³-hybridized carbons (Fsp3) is 0.435. The number of hydrogen-bond acceptors (Lipinski definition) is 3. The monoisotopic (exact) mass is 398 g/mol. The second kappa shape index (κ2) is 8.44. The summed E-state index contributed by atoms with van der Waals surface area (Å²) in [4.78, 5) is 17.1. The zero-order valence-corrected chi connectivity index (χ0v) is 17.1. The van der Waals surface area contributed by atoms with Gasteiger partial charge in [-0.3, -0.25) is 4.79 Å². The molecule has 2 aromatic carbocycles. The van der Waals surface area contributed by atoms with E-state index in [0.29, 0.717) is 13.1 Å². The number of rotatable bonds is 4. The summed E-state index contributed by atoms with van der Waals surface area (Å²) in [7, 11) is 0. The second-order valence-electron chi connectivity index (χ2n) is 7.65. The minimum absolute atomic E-state index is 0.0687. The van der Waals surface area contributed by atoms with Crippen LogP contribution in [-0.2, 0) is 17.6 Å². The fourth-order valence-electron chi connectivity index (χ4n) is 4.21. The van der Waals surface area contributed by atoms with Crippen molar-refractivity contribution >= 4 is 23.2 Å². The van der Waals surface area contributed by atoms with Crippen LogP contribution in [-0.4, -0.2) is 43.1 Å². The van der Waals surface area contributed by atoms with Gasteiger partial charge < -0.3 is 14.5 Å². The van der Waals surface area contributed by atoms with E-state index >= 15 is 0 Å². The summed E-state index contributed by atoms with van der Waals surface area (Å²) in [6, 6.07) is 14.1. The lowest BCUT2D eigenvalue weighted by Gasteiger charge is -2.37. The van der Waals surface area contributed by atoms with E-state index in [0.717, 1.165) is 42.4 Å². The Hall–Kier alpha value is -2.20. The predicted molar refractivity (Wildman–Crippen MR) is 113 cm³/mol. The molecule has 4 nitrogen and oxygen atoms in total. The van der Waals surface area contributed by atoms with E-state index in [1.807, 2.05) is 42.2 Å². The Balaban J connectivity index is 1.36. The summed E-state index contributed by atoms with van der Waals surface area (Å²) < 4.78 is 6.13. The number of nitrogens with zero attached hydrogens (tertiary/aromatic N) is 2. The number of amides is 1. The quantitative estimate of drug-likeness (QED) is 0.768. The van der Waals surface area contributed by atoms with Crippen molar-refractivity contribution in [3.8, 4) is 5.75 Å². The molecule has 1 aliphatic heterocycles. The highest BCUT2D eigenvalue weighted by Gasteiger charge is 2.27. The molecule has 0 N–H and O–H groups in total. The molecule has 1 saturated heterocycles. The summed E-state index contributed by atoms with van der Waals surface area (Å²) in [5.74, 6) is 0.953. The van der Waals surface area contributed by atoms with Crippen molar-refractivity contribution in [2.75, 3.05) is 31.1 Å². The maximum Gasteiger partial charge on any atom is 0.263 e. The highest BCUT2D eigenvalue weighted by molar-refractivity contribution is 6.30. The van der Waals surface area contributed by atoms with Crippen LogP contribution in [0.3, 0.4) is 0 Å². The zero-order valence-electron chi connectivity index (χ0n) is 16.4. The van der Waals surface area contributed by atoms with Gasteiger partial charge in [0.05, 0.1) is 0 Å². The van der Waals surface area contributed by atoms with Crippen LogP contribution in [0.1, 0.15) is 30.9 Å². The Morgan fingerprint density at radius 2 is 1.79 bits per heavy atom. The van der Waals surface area contributed by atoms with Crippen LogP contribution in [0.15, 0.2) is 42.5 Å². The lowest BCUT2D eigenvalue weighted by molar-refractivity contribution is -0.138. The van der Waals surface area contributed by atoms with Crippen LogP contribution in [0.5, 0.6) is 5.75 Å². The smallest absolute Gasteiger partial charge is 0.263 e. The second-order valence-corrected chi connectivity index (χ2v) is 8.09. The molecule has 1 aliphatic carbocycles. The molecule has 1 amide bonds. The molecule has 1 atom stereocenters. The maximum absolute atomic E-state index is 12.9. The molecule has 0 aromatic heterocycles. The summed E-state index contributed by atoms with van der Waals surface area (Å²) in [6.07, 6.45) is 4.12. The Morgan fingerprint density at radius 1 is 1.04 bits per heavy atom. The highest BCUT2D eigenvalue weighted by atomic mass is 35.5. The summed E-state index contributed by atoms with van der Waals surface area (Å²) >= 11 is 6.10. The van der Waals surface area contributed by atoms with Gasteiger partial charge in [-0.15, -0.1) is 0 Å². The molecule has 2 aromatic rings. The lowest BCUT2D eigenvalue weighted by Crippen LogP contribution is -2.52. The number of hydrogen-bond donors (Lipinski definition) is 0. The molecule has 4 rings (SSSR count). The van der Waals surface area contributed by atoms with E-state index in [4.69, 9.17) is 16.3 Å². The number of halogens is 1. The summed E-state index contributed by atoms with van der Waals surface area (Å²) in [6.45, 7) is 4.88. The van der Waals surface area contributed by atoms with E-state index in [1.165, 1.54) is 24.0 Å². The van der Waals surface area contributed by atoms with Crippen LogP contribution < -0.4 is 9.64 Å². The molecule has 28 heavy (non-hydrogen) atoms. The molecule has 1 fully saturated rings. The molecule has 0 spiro atoms. The summed E-state index contributed by atoms with van der Waals surface area (Å²) in [5, 5.41) is 0.740. The molecule has 1 heterocycles. The molecule has 5 heteroatoms. The third-order valence-electron chi connectivity index (χ3n) is 5.77. The van der Waals surface area contributed by atoms with Gasteiger partial charge in [-0.25, -0.2) is 0 Å². The van der Waals surface area contributed by atoms with Gasteiger partial charge >= 0.3 is 0 Å². The van der Waals surface area contributed by atoms with Crippen molar-refractivity contribution in [3.05, 3.63) is 58.6 Å². The van der Waals surface area contributed by atoms with Crippen LogP contribution in [0.2, 0.25) is 5.02 Å². The molecule has 0 unspecified atom stereocenters.